The van der Waals surface area contributed by atoms with Gasteiger partial charge in [-0.15, -0.1) is 11.3 Å². The third-order valence-electron chi connectivity index (χ3n) is 2.50. The van der Waals surface area contributed by atoms with Crippen LogP contribution in [0.1, 0.15) is 0 Å². The summed E-state index contributed by atoms with van der Waals surface area (Å²) in [6.07, 6.45) is 1.83. The Balaban J connectivity index is 2.34. The summed E-state index contributed by atoms with van der Waals surface area (Å²) < 4.78 is 1.19. The third-order valence-corrected chi connectivity index (χ3v) is 3.76. The lowest BCUT2D eigenvalue weighted by atomic mass is 10.1. The van der Waals surface area contributed by atoms with Gasteiger partial charge in [-0.2, -0.15) is 0 Å². The Labute approximate surface area is 102 Å². The first-order valence-corrected chi connectivity index (χ1v) is 6.19. The first-order valence-electron chi connectivity index (χ1n) is 4.93. The number of hydrogen-bond acceptors (Lipinski definition) is 2. The summed E-state index contributed by atoms with van der Waals surface area (Å²) in [4.78, 5) is 4.44. The molecule has 0 aliphatic heterocycles. The van der Waals surface area contributed by atoms with Crippen LogP contribution in [-0.2, 0) is 0 Å². The average molecular weight is 246 g/mol. The molecule has 0 saturated heterocycles. The Kier molecular flexibility index (Phi) is 2.39. The van der Waals surface area contributed by atoms with Gasteiger partial charge in [0.05, 0.1) is 15.4 Å². The van der Waals surface area contributed by atoms with E-state index < -0.39 is 0 Å². The molecule has 0 atom stereocenters. The zero-order chi connectivity index (χ0) is 11.0. The maximum atomic E-state index is 6.19. The second-order valence-corrected chi connectivity index (χ2v) is 4.80. The van der Waals surface area contributed by atoms with Gasteiger partial charge in [0.1, 0.15) is 0 Å². The van der Waals surface area contributed by atoms with Gasteiger partial charge in [-0.25, -0.2) is 0 Å². The van der Waals surface area contributed by atoms with Crippen LogP contribution >= 0.6 is 22.9 Å². The maximum absolute atomic E-state index is 6.19. The SMILES string of the molecule is Clc1ccccc1-c1nccc2ccsc12. The molecule has 3 heteroatoms. The molecule has 0 radical (unpaired) electrons. The number of halogens is 1. The molecule has 2 aromatic heterocycles. The van der Waals surface area contributed by atoms with Gasteiger partial charge in [-0.3, -0.25) is 4.98 Å². The number of rotatable bonds is 1. The molecule has 0 fully saturated rings. The fraction of sp³-hybridized carbons (Fsp3) is 0. The van der Waals surface area contributed by atoms with Crippen molar-refractivity contribution in [3.63, 3.8) is 0 Å². The van der Waals surface area contributed by atoms with E-state index in [1.54, 1.807) is 11.3 Å². The Morgan fingerprint density at radius 3 is 2.81 bits per heavy atom. The summed E-state index contributed by atoms with van der Waals surface area (Å²) in [6.45, 7) is 0. The summed E-state index contributed by atoms with van der Waals surface area (Å²) in [5.74, 6) is 0. The molecule has 3 rings (SSSR count). The van der Waals surface area contributed by atoms with Gasteiger partial charge in [-0.1, -0.05) is 29.8 Å². The Morgan fingerprint density at radius 1 is 1.06 bits per heavy atom. The van der Waals surface area contributed by atoms with Gasteiger partial charge in [0, 0.05) is 11.8 Å². The van der Waals surface area contributed by atoms with Crippen LogP contribution in [0.3, 0.4) is 0 Å². The smallest absolute Gasteiger partial charge is 0.0894 e. The molecule has 0 N–H and O–H groups in total. The van der Waals surface area contributed by atoms with E-state index >= 15 is 0 Å². The van der Waals surface area contributed by atoms with Crippen molar-refractivity contribution in [3.05, 3.63) is 53.0 Å². The molecule has 0 bridgehead atoms. The molecule has 0 unspecified atom stereocenters. The summed E-state index contributed by atoms with van der Waals surface area (Å²) in [6, 6.07) is 11.9. The molecule has 1 aromatic carbocycles. The highest BCUT2D eigenvalue weighted by Crippen LogP contribution is 2.34. The van der Waals surface area contributed by atoms with Gasteiger partial charge in [0.25, 0.3) is 0 Å². The average Bonchev–Trinajstić information content (AvgIpc) is 2.77. The molecule has 3 aromatic rings. The molecule has 78 valence electrons. The second-order valence-electron chi connectivity index (χ2n) is 3.48. The van der Waals surface area contributed by atoms with E-state index in [9.17, 15) is 0 Å². The number of nitrogens with zero attached hydrogens (tertiary/aromatic N) is 1. The van der Waals surface area contributed by atoms with Crippen molar-refractivity contribution in [1.29, 1.82) is 0 Å². The van der Waals surface area contributed by atoms with Crippen LogP contribution in [0.2, 0.25) is 5.02 Å². The van der Waals surface area contributed by atoms with E-state index in [-0.39, 0.29) is 0 Å². The summed E-state index contributed by atoms with van der Waals surface area (Å²) in [7, 11) is 0. The minimum absolute atomic E-state index is 0.746. The van der Waals surface area contributed by atoms with E-state index in [0.29, 0.717) is 0 Å². The quantitative estimate of drug-likeness (QED) is 0.610. The zero-order valence-corrected chi connectivity index (χ0v) is 9.92. The predicted molar refractivity (Wildman–Crippen MR) is 70.1 cm³/mol. The van der Waals surface area contributed by atoms with Crippen LogP contribution in [0.15, 0.2) is 48.0 Å². The van der Waals surface area contributed by atoms with Crippen LogP contribution in [0, 0.1) is 0 Å². The fourth-order valence-electron chi connectivity index (χ4n) is 1.74. The zero-order valence-electron chi connectivity index (χ0n) is 8.35. The lowest BCUT2D eigenvalue weighted by Crippen LogP contribution is -1.83. The largest absolute Gasteiger partial charge is 0.255 e. The van der Waals surface area contributed by atoms with Gasteiger partial charge in [0.2, 0.25) is 0 Å². The van der Waals surface area contributed by atoms with Crippen LogP contribution in [0.4, 0.5) is 0 Å². The van der Waals surface area contributed by atoms with Gasteiger partial charge < -0.3 is 0 Å². The van der Waals surface area contributed by atoms with Crippen molar-refractivity contribution in [2.24, 2.45) is 0 Å². The monoisotopic (exact) mass is 245 g/mol. The van der Waals surface area contributed by atoms with Crippen molar-refractivity contribution in [3.8, 4) is 11.3 Å². The standard InChI is InChI=1S/C13H8ClNS/c14-11-4-2-1-3-10(11)12-13-9(5-7-15-12)6-8-16-13/h1-8H. The molecule has 2 heterocycles. The first-order chi connectivity index (χ1) is 7.86. The third kappa shape index (κ3) is 1.51. The topological polar surface area (TPSA) is 12.9 Å². The summed E-state index contributed by atoms with van der Waals surface area (Å²) >= 11 is 7.89. The molecule has 0 spiro atoms. The van der Waals surface area contributed by atoms with Crippen molar-refractivity contribution in [2.45, 2.75) is 0 Å². The second kappa shape index (κ2) is 3.89. The Morgan fingerprint density at radius 2 is 1.94 bits per heavy atom. The number of thiophene rings is 1. The number of benzene rings is 1. The van der Waals surface area contributed by atoms with Gasteiger partial charge in [-0.05, 0) is 29.0 Å². The number of hydrogen-bond donors (Lipinski definition) is 0. The van der Waals surface area contributed by atoms with E-state index in [0.717, 1.165) is 16.3 Å². The van der Waals surface area contributed by atoms with E-state index in [2.05, 4.69) is 16.4 Å². The molecule has 1 nitrogen and oxygen atoms in total. The predicted octanol–water partition coefficient (Wildman–Crippen LogP) is 4.62. The summed E-state index contributed by atoms with van der Waals surface area (Å²) in [5.41, 5.74) is 1.97. The first kappa shape index (κ1) is 9.82. The normalized spacial score (nSPS) is 10.8. The molecule has 0 aliphatic carbocycles. The Bertz CT molecular complexity index is 645. The van der Waals surface area contributed by atoms with E-state index in [1.807, 2.05) is 36.5 Å². The van der Waals surface area contributed by atoms with Crippen LogP contribution in [-0.4, -0.2) is 4.98 Å². The van der Waals surface area contributed by atoms with Gasteiger partial charge >= 0.3 is 0 Å². The molecule has 16 heavy (non-hydrogen) atoms. The van der Waals surface area contributed by atoms with Gasteiger partial charge in [0.15, 0.2) is 0 Å². The summed E-state index contributed by atoms with van der Waals surface area (Å²) in [5, 5.41) is 4.04. The number of pyridine rings is 1. The fourth-order valence-corrected chi connectivity index (χ4v) is 2.86. The number of aromatic nitrogens is 1. The van der Waals surface area contributed by atoms with E-state index in [4.69, 9.17) is 11.6 Å². The molecule has 0 amide bonds. The van der Waals surface area contributed by atoms with Crippen LogP contribution < -0.4 is 0 Å². The molecule has 0 saturated carbocycles. The minimum Gasteiger partial charge on any atom is -0.255 e. The highest BCUT2D eigenvalue weighted by atomic mass is 35.5. The lowest BCUT2D eigenvalue weighted by Gasteiger charge is -2.04. The molecule has 0 aliphatic rings. The van der Waals surface area contributed by atoms with Crippen molar-refractivity contribution >= 4 is 33.0 Å². The van der Waals surface area contributed by atoms with Crippen LogP contribution in [0.5, 0.6) is 0 Å². The molecular formula is C13H8ClNS. The Hall–Kier alpha value is -1.38. The highest BCUT2D eigenvalue weighted by Gasteiger charge is 2.08. The van der Waals surface area contributed by atoms with E-state index in [1.165, 1.54) is 10.1 Å². The maximum Gasteiger partial charge on any atom is 0.0894 e. The van der Waals surface area contributed by atoms with Crippen molar-refractivity contribution in [1.82, 2.24) is 4.98 Å². The van der Waals surface area contributed by atoms with Crippen molar-refractivity contribution < 1.29 is 0 Å². The van der Waals surface area contributed by atoms with Crippen LogP contribution in [0.25, 0.3) is 21.3 Å². The lowest BCUT2D eigenvalue weighted by molar-refractivity contribution is 1.37. The minimum atomic E-state index is 0.746. The number of fused-ring (bicyclic) bond motifs is 1. The molecular weight excluding hydrogens is 238 g/mol. The van der Waals surface area contributed by atoms with Crippen molar-refractivity contribution in [2.75, 3.05) is 0 Å². The highest BCUT2D eigenvalue weighted by molar-refractivity contribution is 7.17.